The van der Waals surface area contributed by atoms with Crippen LogP contribution in [0.1, 0.15) is 13.8 Å². The van der Waals surface area contributed by atoms with E-state index in [9.17, 15) is 9.59 Å². The van der Waals surface area contributed by atoms with E-state index in [4.69, 9.17) is 10.2 Å². The van der Waals surface area contributed by atoms with Gasteiger partial charge in [-0.3, -0.25) is 0 Å². The van der Waals surface area contributed by atoms with Crippen LogP contribution in [-0.2, 0) is 9.59 Å². The van der Waals surface area contributed by atoms with Crippen LogP contribution < -0.4 is 4.90 Å². The summed E-state index contributed by atoms with van der Waals surface area (Å²) in [6.45, 7) is 2.93. The number of nitrogens with zero attached hydrogens (tertiary/aromatic N) is 1. The molecule has 1 aromatic carbocycles. The third-order valence-corrected chi connectivity index (χ3v) is 2.60. The Labute approximate surface area is 99.3 Å². The number of carboxylic acid groups (broad SMARTS) is 2. The minimum Gasteiger partial charge on any atom is -0.480 e. The molecular formula is C12H15NO4. The van der Waals surface area contributed by atoms with E-state index in [1.54, 1.807) is 30.3 Å². The first-order chi connectivity index (χ1) is 7.95. The SMILES string of the molecule is CC(C(=O)O)N(c1ccccc1)C(C)C(=O)O. The van der Waals surface area contributed by atoms with Crippen molar-refractivity contribution in [1.29, 1.82) is 0 Å². The quantitative estimate of drug-likeness (QED) is 0.810. The van der Waals surface area contributed by atoms with Crippen molar-refractivity contribution in [2.24, 2.45) is 0 Å². The van der Waals surface area contributed by atoms with Crippen LogP contribution in [-0.4, -0.2) is 34.2 Å². The average Bonchev–Trinajstić information content (AvgIpc) is 2.30. The number of rotatable bonds is 5. The van der Waals surface area contributed by atoms with Crippen LogP contribution in [0.25, 0.3) is 0 Å². The number of carbonyl (C=O) groups is 2. The molecule has 0 aliphatic rings. The van der Waals surface area contributed by atoms with Gasteiger partial charge >= 0.3 is 11.9 Å². The molecule has 0 saturated heterocycles. The Kier molecular flexibility index (Phi) is 4.09. The fraction of sp³-hybridized carbons (Fsp3) is 0.333. The summed E-state index contributed by atoms with van der Waals surface area (Å²) in [5, 5.41) is 18.0. The summed E-state index contributed by atoms with van der Waals surface area (Å²) in [6, 6.07) is 6.86. The molecule has 0 saturated carbocycles. The van der Waals surface area contributed by atoms with Crippen molar-refractivity contribution >= 4 is 17.6 Å². The van der Waals surface area contributed by atoms with Gasteiger partial charge in [0.2, 0.25) is 0 Å². The molecule has 0 bridgehead atoms. The minimum atomic E-state index is -1.05. The molecule has 0 amide bonds. The molecule has 0 aromatic heterocycles. The van der Waals surface area contributed by atoms with Gasteiger partial charge in [0.15, 0.2) is 0 Å². The van der Waals surface area contributed by atoms with Crippen molar-refractivity contribution in [3.63, 3.8) is 0 Å². The lowest BCUT2D eigenvalue weighted by atomic mass is 10.1. The lowest BCUT2D eigenvalue weighted by Crippen LogP contribution is -2.48. The summed E-state index contributed by atoms with van der Waals surface area (Å²) >= 11 is 0. The predicted molar refractivity (Wildman–Crippen MR) is 63.1 cm³/mol. The molecule has 0 spiro atoms. The number of anilines is 1. The van der Waals surface area contributed by atoms with Crippen molar-refractivity contribution in [2.45, 2.75) is 25.9 Å². The van der Waals surface area contributed by atoms with Gasteiger partial charge < -0.3 is 15.1 Å². The zero-order chi connectivity index (χ0) is 13.0. The lowest BCUT2D eigenvalue weighted by molar-refractivity contribution is -0.140. The number of benzene rings is 1. The number of carboxylic acids is 2. The van der Waals surface area contributed by atoms with E-state index in [2.05, 4.69) is 0 Å². The number of aliphatic carboxylic acids is 2. The van der Waals surface area contributed by atoms with E-state index in [0.29, 0.717) is 5.69 Å². The molecule has 0 fully saturated rings. The van der Waals surface area contributed by atoms with Crippen LogP contribution in [0.3, 0.4) is 0 Å². The highest BCUT2D eigenvalue weighted by atomic mass is 16.4. The van der Waals surface area contributed by atoms with Crippen molar-refractivity contribution < 1.29 is 19.8 Å². The van der Waals surface area contributed by atoms with E-state index < -0.39 is 24.0 Å². The fourth-order valence-corrected chi connectivity index (χ4v) is 1.62. The maximum Gasteiger partial charge on any atom is 0.326 e. The lowest BCUT2D eigenvalue weighted by Gasteiger charge is -2.32. The van der Waals surface area contributed by atoms with Crippen molar-refractivity contribution in [3.8, 4) is 0 Å². The molecule has 5 nitrogen and oxygen atoms in total. The molecule has 2 N–H and O–H groups in total. The molecule has 0 aliphatic heterocycles. The first kappa shape index (κ1) is 13.0. The highest BCUT2D eigenvalue weighted by Crippen LogP contribution is 2.20. The second-order valence-corrected chi connectivity index (χ2v) is 3.77. The summed E-state index contributed by atoms with van der Waals surface area (Å²) in [5.74, 6) is -2.11. The molecule has 0 radical (unpaired) electrons. The van der Waals surface area contributed by atoms with Crippen LogP contribution in [0, 0.1) is 0 Å². The Bertz CT molecular complexity index is 384. The standard InChI is InChI=1S/C12H15NO4/c1-8(11(14)15)13(9(2)12(16)17)10-6-4-3-5-7-10/h3-9H,1-2H3,(H,14,15)(H,16,17). The Morgan fingerprint density at radius 2 is 1.41 bits per heavy atom. The zero-order valence-corrected chi connectivity index (χ0v) is 9.70. The molecule has 92 valence electrons. The summed E-state index contributed by atoms with van der Waals surface area (Å²) in [6.07, 6.45) is 0. The van der Waals surface area contributed by atoms with Crippen LogP contribution in [0.5, 0.6) is 0 Å². The summed E-state index contributed by atoms with van der Waals surface area (Å²) in [5.41, 5.74) is 0.581. The van der Waals surface area contributed by atoms with Gasteiger partial charge in [0.1, 0.15) is 12.1 Å². The van der Waals surface area contributed by atoms with Gasteiger partial charge in [0.25, 0.3) is 0 Å². The van der Waals surface area contributed by atoms with Crippen LogP contribution >= 0.6 is 0 Å². The van der Waals surface area contributed by atoms with E-state index in [0.717, 1.165) is 0 Å². The third kappa shape index (κ3) is 2.96. The second kappa shape index (κ2) is 5.34. The first-order valence-electron chi connectivity index (χ1n) is 5.24. The van der Waals surface area contributed by atoms with Gasteiger partial charge in [0, 0.05) is 5.69 Å². The Morgan fingerprint density at radius 3 is 1.76 bits per heavy atom. The molecule has 17 heavy (non-hydrogen) atoms. The zero-order valence-electron chi connectivity index (χ0n) is 9.70. The molecule has 2 unspecified atom stereocenters. The number of hydrogen-bond acceptors (Lipinski definition) is 3. The molecule has 1 rings (SSSR count). The monoisotopic (exact) mass is 237 g/mol. The molecular weight excluding hydrogens is 222 g/mol. The second-order valence-electron chi connectivity index (χ2n) is 3.77. The maximum atomic E-state index is 11.0. The molecule has 0 aliphatic carbocycles. The van der Waals surface area contributed by atoms with Gasteiger partial charge in [0.05, 0.1) is 0 Å². The van der Waals surface area contributed by atoms with Crippen molar-refractivity contribution in [3.05, 3.63) is 30.3 Å². The van der Waals surface area contributed by atoms with Gasteiger partial charge in [-0.15, -0.1) is 0 Å². The highest BCUT2D eigenvalue weighted by molar-refractivity contribution is 5.84. The van der Waals surface area contributed by atoms with Crippen LogP contribution in [0.2, 0.25) is 0 Å². The van der Waals surface area contributed by atoms with Gasteiger partial charge in [-0.05, 0) is 26.0 Å². The largest absolute Gasteiger partial charge is 0.480 e. The van der Waals surface area contributed by atoms with Crippen molar-refractivity contribution in [2.75, 3.05) is 4.90 Å². The Hall–Kier alpha value is -2.04. The van der Waals surface area contributed by atoms with Gasteiger partial charge in [-0.25, -0.2) is 9.59 Å². The highest BCUT2D eigenvalue weighted by Gasteiger charge is 2.29. The van der Waals surface area contributed by atoms with Gasteiger partial charge in [-0.1, -0.05) is 18.2 Å². The minimum absolute atomic E-state index is 0.581. The summed E-state index contributed by atoms with van der Waals surface area (Å²) < 4.78 is 0. The average molecular weight is 237 g/mol. The normalized spacial score (nSPS) is 13.8. The van der Waals surface area contributed by atoms with E-state index >= 15 is 0 Å². The van der Waals surface area contributed by atoms with Crippen molar-refractivity contribution in [1.82, 2.24) is 0 Å². The molecule has 5 heteroatoms. The Balaban J connectivity index is 3.11. The van der Waals surface area contributed by atoms with E-state index in [1.807, 2.05) is 0 Å². The smallest absolute Gasteiger partial charge is 0.326 e. The summed E-state index contributed by atoms with van der Waals surface area (Å²) in [7, 11) is 0. The molecule has 1 aromatic rings. The number of para-hydroxylation sites is 1. The van der Waals surface area contributed by atoms with Crippen LogP contribution in [0.15, 0.2) is 30.3 Å². The third-order valence-electron chi connectivity index (χ3n) is 2.60. The predicted octanol–water partition coefficient (Wildman–Crippen LogP) is 1.44. The first-order valence-corrected chi connectivity index (χ1v) is 5.24. The van der Waals surface area contributed by atoms with E-state index in [-0.39, 0.29) is 0 Å². The summed E-state index contributed by atoms with van der Waals surface area (Å²) in [4.78, 5) is 23.4. The number of hydrogen-bond donors (Lipinski definition) is 2. The van der Waals surface area contributed by atoms with Crippen LogP contribution in [0.4, 0.5) is 5.69 Å². The fourth-order valence-electron chi connectivity index (χ4n) is 1.62. The maximum absolute atomic E-state index is 11.0. The van der Waals surface area contributed by atoms with Gasteiger partial charge in [-0.2, -0.15) is 0 Å². The topological polar surface area (TPSA) is 77.8 Å². The Morgan fingerprint density at radius 1 is 1.00 bits per heavy atom. The molecule has 0 heterocycles. The van der Waals surface area contributed by atoms with E-state index in [1.165, 1.54) is 18.7 Å². The molecule has 2 atom stereocenters.